The summed E-state index contributed by atoms with van der Waals surface area (Å²) < 4.78 is 0. The number of carbonyl (C=O) groups excluding carboxylic acids is 1. The first kappa shape index (κ1) is 14.9. The molecule has 118 valence electrons. The Balaban J connectivity index is 1.67. The fraction of sp³-hybridized carbons (Fsp3) is 0.882. The van der Waals surface area contributed by atoms with Crippen LogP contribution in [0.5, 0.6) is 0 Å². The molecule has 0 bridgehead atoms. The summed E-state index contributed by atoms with van der Waals surface area (Å²) in [5.41, 5.74) is -0.372. The van der Waals surface area contributed by atoms with Crippen molar-refractivity contribution in [1.29, 1.82) is 0 Å². The molecule has 1 amide bonds. The minimum Gasteiger partial charge on any atom is -0.481 e. The number of aliphatic carboxylic acids is 1. The van der Waals surface area contributed by atoms with Crippen molar-refractivity contribution in [2.24, 2.45) is 23.2 Å². The van der Waals surface area contributed by atoms with E-state index in [2.05, 4.69) is 0 Å². The first-order valence-corrected chi connectivity index (χ1v) is 8.46. The summed E-state index contributed by atoms with van der Waals surface area (Å²) >= 11 is 0. The molecule has 0 aromatic heterocycles. The summed E-state index contributed by atoms with van der Waals surface area (Å²) in [7, 11) is 0. The van der Waals surface area contributed by atoms with Crippen LogP contribution in [-0.4, -0.2) is 34.5 Å². The van der Waals surface area contributed by atoms with Crippen LogP contribution in [0, 0.1) is 23.2 Å². The summed E-state index contributed by atoms with van der Waals surface area (Å²) in [6, 6.07) is 0.394. The highest BCUT2D eigenvalue weighted by atomic mass is 16.4. The number of rotatable bonds is 5. The van der Waals surface area contributed by atoms with Crippen LogP contribution >= 0.6 is 0 Å². The molecule has 2 atom stereocenters. The number of carboxylic acid groups (broad SMARTS) is 1. The largest absolute Gasteiger partial charge is 0.481 e. The van der Waals surface area contributed by atoms with Crippen LogP contribution in [0.25, 0.3) is 0 Å². The molecule has 0 spiro atoms. The van der Waals surface area contributed by atoms with Crippen LogP contribution in [0.1, 0.15) is 58.8 Å². The monoisotopic (exact) mass is 293 g/mol. The maximum Gasteiger partial charge on any atom is 0.307 e. The zero-order chi connectivity index (χ0) is 15.2. The minimum absolute atomic E-state index is 0.112. The smallest absolute Gasteiger partial charge is 0.307 e. The molecule has 3 saturated carbocycles. The molecule has 0 aliphatic heterocycles. The maximum absolute atomic E-state index is 12.9. The van der Waals surface area contributed by atoms with Crippen LogP contribution in [0.2, 0.25) is 0 Å². The van der Waals surface area contributed by atoms with E-state index in [1.165, 1.54) is 32.1 Å². The maximum atomic E-state index is 12.9. The molecule has 3 aliphatic carbocycles. The average Bonchev–Trinajstić information content (AvgIpc) is 3.32. The molecule has 3 rings (SSSR count). The Hall–Kier alpha value is -1.06. The standard InChI is InChI=1S/C17H27NO3/c1-17(2)13(14(17)16(20)21)15(19)18(12-8-9-12)10-11-6-4-3-5-7-11/h11-14H,3-10H2,1-2H3,(H,20,21). The van der Waals surface area contributed by atoms with Crippen molar-refractivity contribution in [3.8, 4) is 0 Å². The third-order valence-corrected chi connectivity index (χ3v) is 5.81. The number of hydrogen-bond donors (Lipinski definition) is 1. The van der Waals surface area contributed by atoms with Gasteiger partial charge in [-0.2, -0.15) is 0 Å². The Bertz CT molecular complexity index is 435. The molecular formula is C17H27NO3. The summed E-state index contributed by atoms with van der Waals surface area (Å²) in [5, 5.41) is 9.29. The Kier molecular flexibility index (Phi) is 3.74. The lowest BCUT2D eigenvalue weighted by Gasteiger charge is -2.30. The van der Waals surface area contributed by atoms with Gasteiger partial charge in [0.05, 0.1) is 11.8 Å². The quantitative estimate of drug-likeness (QED) is 0.848. The van der Waals surface area contributed by atoms with Crippen molar-refractivity contribution >= 4 is 11.9 Å². The van der Waals surface area contributed by atoms with Crippen molar-refractivity contribution in [2.75, 3.05) is 6.54 Å². The number of hydrogen-bond acceptors (Lipinski definition) is 2. The van der Waals surface area contributed by atoms with Gasteiger partial charge in [0, 0.05) is 12.6 Å². The van der Waals surface area contributed by atoms with Crippen LogP contribution in [0.4, 0.5) is 0 Å². The van der Waals surface area contributed by atoms with E-state index in [1.807, 2.05) is 18.7 Å². The molecule has 0 aromatic rings. The van der Waals surface area contributed by atoms with Gasteiger partial charge in [0.25, 0.3) is 0 Å². The Morgan fingerprint density at radius 3 is 2.14 bits per heavy atom. The second kappa shape index (κ2) is 5.29. The molecule has 4 heteroatoms. The zero-order valence-electron chi connectivity index (χ0n) is 13.2. The molecule has 0 heterocycles. The molecule has 0 aromatic carbocycles. The average molecular weight is 293 g/mol. The number of carboxylic acids is 1. The van der Waals surface area contributed by atoms with Crippen LogP contribution in [0.3, 0.4) is 0 Å². The summed E-state index contributed by atoms with van der Waals surface area (Å²) in [4.78, 5) is 26.2. The van der Waals surface area contributed by atoms with Gasteiger partial charge in [-0.15, -0.1) is 0 Å². The fourth-order valence-electron chi connectivity index (χ4n) is 4.19. The van der Waals surface area contributed by atoms with E-state index in [4.69, 9.17) is 0 Å². The molecule has 2 unspecified atom stereocenters. The van der Waals surface area contributed by atoms with Crippen molar-refractivity contribution in [1.82, 2.24) is 4.90 Å². The summed E-state index contributed by atoms with van der Waals surface area (Å²) in [6.45, 7) is 4.70. The third kappa shape index (κ3) is 2.82. The first-order chi connectivity index (χ1) is 9.93. The van der Waals surface area contributed by atoms with Gasteiger partial charge in [0.2, 0.25) is 5.91 Å². The zero-order valence-corrected chi connectivity index (χ0v) is 13.2. The first-order valence-electron chi connectivity index (χ1n) is 8.46. The molecule has 3 aliphatic rings. The molecular weight excluding hydrogens is 266 g/mol. The lowest BCUT2D eigenvalue weighted by atomic mass is 9.88. The van der Waals surface area contributed by atoms with Crippen LogP contribution < -0.4 is 0 Å². The lowest BCUT2D eigenvalue weighted by Crippen LogP contribution is -2.39. The Labute approximate surface area is 126 Å². The number of amides is 1. The van der Waals surface area contributed by atoms with Gasteiger partial charge in [0.1, 0.15) is 0 Å². The predicted octanol–water partition coefficient (Wildman–Crippen LogP) is 2.91. The van der Waals surface area contributed by atoms with Gasteiger partial charge in [0.15, 0.2) is 0 Å². The highest BCUT2D eigenvalue weighted by Crippen LogP contribution is 2.59. The number of nitrogens with zero attached hydrogens (tertiary/aromatic N) is 1. The van der Waals surface area contributed by atoms with Crippen molar-refractivity contribution in [3.05, 3.63) is 0 Å². The van der Waals surface area contributed by atoms with E-state index in [0.29, 0.717) is 12.0 Å². The van der Waals surface area contributed by atoms with Crippen LogP contribution in [0.15, 0.2) is 0 Å². The highest BCUT2D eigenvalue weighted by Gasteiger charge is 2.67. The lowest BCUT2D eigenvalue weighted by molar-refractivity contribution is -0.142. The predicted molar refractivity (Wildman–Crippen MR) is 79.7 cm³/mol. The Morgan fingerprint density at radius 2 is 1.67 bits per heavy atom. The van der Waals surface area contributed by atoms with Gasteiger partial charge in [-0.3, -0.25) is 9.59 Å². The molecule has 1 N–H and O–H groups in total. The van der Waals surface area contributed by atoms with Crippen LogP contribution in [-0.2, 0) is 9.59 Å². The molecule has 0 radical (unpaired) electrons. The molecule has 4 nitrogen and oxygen atoms in total. The van der Waals surface area contributed by atoms with E-state index in [0.717, 1.165) is 19.4 Å². The normalized spacial score (nSPS) is 31.7. The van der Waals surface area contributed by atoms with E-state index >= 15 is 0 Å². The highest BCUT2D eigenvalue weighted by molar-refractivity contribution is 5.92. The molecule has 21 heavy (non-hydrogen) atoms. The van der Waals surface area contributed by atoms with E-state index in [9.17, 15) is 14.7 Å². The third-order valence-electron chi connectivity index (χ3n) is 5.81. The van der Waals surface area contributed by atoms with E-state index in [-0.39, 0.29) is 17.2 Å². The van der Waals surface area contributed by atoms with Gasteiger partial charge >= 0.3 is 5.97 Å². The van der Waals surface area contributed by atoms with Gasteiger partial charge in [-0.25, -0.2) is 0 Å². The number of carbonyl (C=O) groups is 2. The minimum atomic E-state index is -0.813. The second-order valence-corrected chi connectivity index (χ2v) is 7.84. The van der Waals surface area contributed by atoms with E-state index < -0.39 is 11.9 Å². The molecule has 0 saturated heterocycles. The van der Waals surface area contributed by atoms with Gasteiger partial charge < -0.3 is 10.0 Å². The Morgan fingerprint density at radius 1 is 1.05 bits per heavy atom. The van der Waals surface area contributed by atoms with E-state index in [1.54, 1.807) is 0 Å². The fourth-order valence-corrected chi connectivity index (χ4v) is 4.19. The van der Waals surface area contributed by atoms with Crippen molar-refractivity contribution in [3.63, 3.8) is 0 Å². The summed E-state index contributed by atoms with van der Waals surface area (Å²) in [6.07, 6.45) is 8.55. The SMILES string of the molecule is CC1(C)C(C(=O)O)C1C(=O)N(CC1CCCCC1)C1CC1. The summed E-state index contributed by atoms with van der Waals surface area (Å²) in [5.74, 6) is -0.863. The van der Waals surface area contributed by atoms with Gasteiger partial charge in [-0.05, 0) is 37.0 Å². The van der Waals surface area contributed by atoms with Crippen molar-refractivity contribution < 1.29 is 14.7 Å². The van der Waals surface area contributed by atoms with Crippen molar-refractivity contribution in [2.45, 2.75) is 64.8 Å². The molecule has 3 fully saturated rings. The second-order valence-electron chi connectivity index (χ2n) is 7.84. The topological polar surface area (TPSA) is 57.6 Å². The van der Waals surface area contributed by atoms with Gasteiger partial charge in [-0.1, -0.05) is 33.1 Å².